The lowest BCUT2D eigenvalue weighted by atomic mass is 10.00. The van der Waals surface area contributed by atoms with Crippen LogP contribution >= 0.6 is 12.4 Å². The van der Waals surface area contributed by atoms with E-state index in [0.717, 1.165) is 22.4 Å². The van der Waals surface area contributed by atoms with E-state index in [1.165, 1.54) is 0 Å². The van der Waals surface area contributed by atoms with Crippen molar-refractivity contribution in [3.05, 3.63) is 54.1 Å². The number of methoxy groups -OCH3 is 1. The second kappa shape index (κ2) is 7.90. The third-order valence-corrected chi connectivity index (χ3v) is 3.08. The van der Waals surface area contributed by atoms with Gasteiger partial charge in [-0.3, -0.25) is 0 Å². The maximum Gasteiger partial charge on any atom is 0.118 e. The van der Waals surface area contributed by atoms with Gasteiger partial charge in [0.05, 0.1) is 13.7 Å². The van der Waals surface area contributed by atoms with E-state index in [9.17, 15) is 0 Å². The van der Waals surface area contributed by atoms with Crippen LogP contribution in [0.15, 0.2) is 48.5 Å². The summed E-state index contributed by atoms with van der Waals surface area (Å²) in [6.45, 7) is 0.00671. The summed E-state index contributed by atoms with van der Waals surface area (Å²) in [5.74, 6) is 0.849. The first-order chi connectivity index (χ1) is 9.22. The highest BCUT2D eigenvalue weighted by Gasteiger charge is 2.04. The van der Waals surface area contributed by atoms with Crippen LogP contribution in [-0.4, -0.2) is 24.9 Å². The molecule has 0 spiro atoms. The molecule has 2 rings (SSSR count). The number of ether oxygens (including phenoxy) is 1. The highest BCUT2D eigenvalue weighted by Crippen LogP contribution is 2.23. The SMILES string of the molecule is COc1ccc(-c2cccc(CC(N)CO)c2)cc1.Cl. The smallest absolute Gasteiger partial charge is 0.118 e. The monoisotopic (exact) mass is 293 g/mol. The Morgan fingerprint density at radius 1 is 1.10 bits per heavy atom. The molecule has 1 atom stereocenters. The van der Waals surface area contributed by atoms with Crippen LogP contribution in [-0.2, 0) is 6.42 Å². The van der Waals surface area contributed by atoms with Crippen molar-refractivity contribution in [3.8, 4) is 16.9 Å². The Hall–Kier alpha value is -1.55. The summed E-state index contributed by atoms with van der Waals surface area (Å²) in [6.07, 6.45) is 0.681. The van der Waals surface area contributed by atoms with E-state index >= 15 is 0 Å². The number of hydrogen-bond acceptors (Lipinski definition) is 3. The zero-order valence-corrected chi connectivity index (χ0v) is 12.3. The summed E-state index contributed by atoms with van der Waals surface area (Å²) in [4.78, 5) is 0. The molecule has 0 radical (unpaired) electrons. The fourth-order valence-electron chi connectivity index (χ4n) is 2.03. The molecule has 0 saturated carbocycles. The number of nitrogens with two attached hydrogens (primary N) is 1. The van der Waals surface area contributed by atoms with E-state index in [4.69, 9.17) is 15.6 Å². The topological polar surface area (TPSA) is 55.5 Å². The maximum atomic E-state index is 9.00. The molecule has 4 heteroatoms. The van der Waals surface area contributed by atoms with Crippen LogP contribution < -0.4 is 10.5 Å². The van der Waals surface area contributed by atoms with Gasteiger partial charge in [-0.15, -0.1) is 12.4 Å². The zero-order valence-electron chi connectivity index (χ0n) is 11.5. The lowest BCUT2D eigenvalue weighted by molar-refractivity contribution is 0.265. The van der Waals surface area contributed by atoms with Crippen molar-refractivity contribution in [1.29, 1.82) is 0 Å². The number of hydrogen-bond donors (Lipinski definition) is 2. The molecule has 0 amide bonds. The molecule has 0 heterocycles. The lowest BCUT2D eigenvalue weighted by Gasteiger charge is -2.10. The van der Waals surface area contributed by atoms with E-state index in [0.29, 0.717) is 6.42 Å². The van der Waals surface area contributed by atoms with Gasteiger partial charge in [0.1, 0.15) is 5.75 Å². The molecule has 3 nitrogen and oxygen atoms in total. The van der Waals surface area contributed by atoms with Crippen molar-refractivity contribution >= 4 is 12.4 Å². The molecule has 2 aromatic rings. The quantitative estimate of drug-likeness (QED) is 0.891. The van der Waals surface area contributed by atoms with Crippen LogP contribution in [0, 0.1) is 0 Å². The molecular weight excluding hydrogens is 274 g/mol. The first kappa shape index (κ1) is 16.5. The van der Waals surface area contributed by atoms with Crippen LogP contribution in [0.5, 0.6) is 5.75 Å². The molecule has 0 aliphatic carbocycles. The predicted molar refractivity (Wildman–Crippen MR) is 84.4 cm³/mol. The Bertz CT molecular complexity index is 528. The fraction of sp³-hybridized carbons (Fsp3) is 0.250. The molecule has 0 aliphatic rings. The van der Waals surface area contributed by atoms with E-state index < -0.39 is 0 Å². The fourth-order valence-corrected chi connectivity index (χ4v) is 2.03. The first-order valence-electron chi connectivity index (χ1n) is 6.32. The molecule has 1 unspecified atom stereocenters. The molecular formula is C16H20ClNO2. The van der Waals surface area contributed by atoms with Crippen LogP contribution in [0.4, 0.5) is 0 Å². The Kier molecular flexibility index (Phi) is 6.52. The molecule has 20 heavy (non-hydrogen) atoms. The van der Waals surface area contributed by atoms with Gasteiger partial charge < -0.3 is 15.6 Å². The van der Waals surface area contributed by atoms with Gasteiger partial charge in [0.25, 0.3) is 0 Å². The Morgan fingerprint density at radius 3 is 2.40 bits per heavy atom. The van der Waals surface area contributed by atoms with Crippen molar-refractivity contribution in [2.45, 2.75) is 12.5 Å². The van der Waals surface area contributed by atoms with Crippen molar-refractivity contribution < 1.29 is 9.84 Å². The van der Waals surface area contributed by atoms with E-state index in [2.05, 4.69) is 12.1 Å². The van der Waals surface area contributed by atoms with Crippen molar-refractivity contribution in [2.24, 2.45) is 5.73 Å². The lowest BCUT2D eigenvalue weighted by Crippen LogP contribution is -2.26. The minimum absolute atomic E-state index is 0. The molecule has 108 valence electrons. The van der Waals surface area contributed by atoms with Gasteiger partial charge in [-0.25, -0.2) is 0 Å². The first-order valence-corrected chi connectivity index (χ1v) is 6.32. The summed E-state index contributed by atoms with van der Waals surface area (Å²) in [6, 6.07) is 16.0. The average molecular weight is 294 g/mol. The highest BCUT2D eigenvalue weighted by atomic mass is 35.5. The minimum Gasteiger partial charge on any atom is -0.497 e. The van der Waals surface area contributed by atoms with Crippen LogP contribution in [0.3, 0.4) is 0 Å². The predicted octanol–water partition coefficient (Wildman–Crippen LogP) is 2.65. The summed E-state index contributed by atoms with van der Waals surface area (Å²) in [5.41, 5.74) is 9.18. The van der Waals surface area contributed by atoms with Crippen molar-refractivity contribution in [1.82, 2.24) is 0 Å². The molecule has 0 aliphatic heterocycles. The number of aliphatic hydroxyl groups is 1. The van der Waals surface area contributed by atoms with E-state index in [-0.39, 0.29) is 25.1 Å². The van der Waals surface area contributed by atoms with E-state index in [1.54, 1.807) is 7.11 Å². The molecule has 2 aromatic carbocycles. The van der Waals surface area contributed by atoms with Gasteiger partial charge in [0, 0.05) is 6.04 Å². The number of halogens is 1. The van der Waals surface area contributed by atoms with Gasteiger partial charge in [-0.05, 0) is 35.2 Å². The summed E-state index contributed by atoms with van der Waals surface area (Å²) < 4.78 is 5.15. The molecule has 0 bridgehead atoms. The standard InChI is InChI=1S/C16H19NO2.ClH/c1-19-16-7-5-13(6-8-16)14-4-2-3-12(9-14)10-15(17)11-18;/h2-9,15,18H,10-11,17H2,1H3;1H. The number of aliphatic hydroxyl groups excluding tert-OH is 1. The Morgan fingerprint density at radius 2 is 1.80 bits per heavy atom. The summed E-state index contributed by atoms with van der Waals surface area (Å²) >= 11 is 0. The third-order valence-electron chi connectivity index (χ3n) is 3.08. The Balaban J connectivity index is 0.00000200. The van der Waals surface area contributed by atoms with Crippen molar-refractivity contribution in [3.63, 3.8) is 0 Å². The van der Waals surface area contributed by atoms with E-state index in [1.807, 2.05) is 36.4 Å². The van der Waals surface area contributed by atoms with Gasteiger partial charge in [0.15, 0.2) is 0 Å². The zero-order chi connectivity index (χ0) is 13.7. The Labute approximate surface area is 125 Å². The molecule has 0 aromatic heterocycles. The highest BCUT2D eigenvalue weighted by molar-refractivity contribution is 5.85. The summed E-state index contributed by atoms with van der Waals surface area (Å²) in [7, 11) is 1.66. The number of rotatable bonds is 5. The third kappa shape index (κ3) is 4.23. The second-order valence-electron chi connectivity index (χ2n) is 4.58. The average Bonchev–Trinajstić information content (AvgIpc) is 2.47. The van der Waals surface area contributed by atoms with Gasteiger partial charge in [-0.2, -0.15) is 0 Å². The van der Waals surface area contributed by atoms with Gasteiger partial charge >= 0.3 is 0 Å². The second-order valence-corrected chi connectivity index (χ2v) is 4.58. The van der Waals surface area contributed by atoms with Gasteiger partial charge in [0.2, 0.25) is 0 Å². The molecule has 0 fully saturated rings. The van der Waals surface area contributed by atoms with Crippen LogP contribution in [0.1, 0.15) is 5.56 Å². The summed E-state index contributed by atoms with van der Waals surface area (Å²) in [5, 5.41) is 9.00. The van der Waals surface area contributed by atoms with Crippen LogP contribution in [0.2, 0.25) is 0 Å². The molecule has 0 saturated heterocycles. The molecule has 3 N–H and O–H groups in total. The number of benzene rings is 2. The minimum atomic E-state index is -0.203. The normalized spacial score (nSPS) is 11.6. The largest absolute Gasteiger partial charge is 0.497 e. The van der Waals surface area contributed by atoms with Crippen LogP contribution in [0.25, 0.3) is 11.1 Å². The maximum absolute atomic E-state index is 9.00. The van der Waals surface area contributed by atoms with Gasteiger partial charge in [-0.1, -0.05) is 36.4 Å². The van der Waals surface area contributed by atoms with Crippen molar-refractivity contribution in [2.75, 3.05) is 13.7 Å².